The van der Waals surface area contributed by atoms with E-state index in [1.165, 1.54) is 12.0 Å². The van der Waals surface area contributed by atoms with Gasteiger partial charge in [0, 0.05) is 12.1 Å². The van der Waals surface area contributed by atoms with Gasteiger partial charge in [0.1, 0.15) is 19.0 Å². The highest BCUT2D eigenvalue weighted by Crippen LogP contribution is 2.43. The number of methoxy groups -OCH3 is 2. The van der Waals surface area contributed by atoms with Gasteiger partial charge in [-0.05, 0) is 62.0 Å². The van der Waals surface area contributed by atoms with Gasteiger partial charge in [-0.15, -0.1) is 0 Å². The van der Waals surface area contributed by atoms with Crippen LogP contribution in [0.15, 0.2) is 42.0 Å². The lowest BCUT2D eigenvalue weighted by atomic mass is 9.94. The summed E-state index contributed by atoms with van der Waals surface area (Å²) in [5, 5.41) is 11.4. The van der Waals surface area contributed by atoms with Crippen LogP contribution in [0.1, 0.15) is 37.4 Å². The molecule has 2 aromatic rings. The Balaban J connectivity index is 1.78. The van der Waals surface area contributed by atoms with Crippen LogP contribution in [0, 0.1) is 0 Å². The first-order chi connectivity index (χ1) is 17.9. The number of fused-ring (bicyclic) bond motifs is 1. The summed E-state index contributed by atoms with van der Waals surface area (Å²) in [4.78, 5) is 30.4. The highest BCUT2D eigenvalue weighted by atomic mass is 16.6. The molecule has 1 fully saturated rings. The van der Waals surface area contributed by atoms with Gasteiger partial charge in [0.25, 0.3) is 11.7 Å². The number of rotatable bonds is 10. The number of aliphatic hydroxyl groups is 1. The lowest BCUT2D eigenvalue weighted by molar-refractivity contribution is -0.140. The second-order valence-corrected chi connectivity index (χ2v) is 8.85. The summed E-state index contributed by atoms with van der Waals surface area (Å²) in [6.45, 7) is 7.96. The second kappa shape index (κ2) is 11.6. The Morgan fingerprint density at radius 1 is 1.00 bits per heavy atom. The van der Waals surface area contributed by atoms with Crippen LogP contribution in [0.4, 0.5) is 0 Å². The molecule has 1 saturated heterocycles. The van der Waals surface area contributed by atoms with Crippen molar-refractivity contribution in [2.75, 3.05) is 53.6 Å². The van der Waals surface area contributed by atoms with E-state index in [4.69, 9.17) is 18.9 Å². The van der Waals surface area contributed by atoms with E-state index in [9.17, 15) is 14.7 Å². The molecular weight excluding hydrogens is 476 g/mol. The molecule has 0 spiro atoms. The van der Waals surface area contributed by atoms with E-state index < -0.39 is 17.7 Å². The van der Waals surface area contributed by atoms with Gasteiger partial charge >= 0.3 is 0 Å². The quantitative estimate of drug-likeness (QED) is 0.294. The Morgan fingerprint density at radius 3 is 2.38 bits per heavy atom. The van der Waals surface area contributed by atoms with Crippen molar-refractivity contribution in [1.82, 2.24) is 9.80 Å². The summed E-state index contributed by atoms with van der Waals surface area (Å²) in [7, 11) is 3.07. The van der Waals surface area contributed by atoms with E-state index in [0.29, 0.717) is 60.3 Å². The van der Waals surface area contributed by atoms with Crippen LogP contribution in [-0.2, 0) is 9.59 Å². The third-order valence-corrected chi connectivity index (χ3v) is 6.85. The van der Waals surface area contributed by atoms with Crippen LogP contribution in [0.5, 0.6) is 23.0 Å². The SMILES string of the molecule is CCN(CC)CCCN1C(=O)C(=O)C(=C(O)c2ccc3c(c2)OCCO3)[C@H]1c1ccc(OC)c(OC)c1. The van der Waals surface area contributed by atoms with Gasteiger partial charge in [0.05, 0.1) is 25.8 Å². The summed E-state index contributed by atoms with van der Waals surface area (Å²) >= 11 is 0. The Kier molecular flexibility index (Phi) is 8.23. The minimum Gasteiger partial charge on any atom is -0.507 e. The fourth-order valence-electron chi connectivity index (χ4n) is 4.83. The Labute approximate surface area is 217 Å². The molecule has 0 bridgehead atoms. The first-order valence-electron chi connectivity index (χ1n) is 12.6. The van der Waals surface area contributed by atoms with E-state index in [2.05, 4.69) is 18.7 Å². The van der Waals surface area contributed by atoms with Crippen molar-refractivity contribution in [3.63, 3.8) is 0 Å². The summed E-state index contributed by atoms with van der Waals surface area (Å²) in [5.41, 5.74) is 1.03. The average molecular weight is 511 g/mol. The molecule has 0 aromatic heterocycles. The summed E-state index contributed by atoms with van der Waals surface area (Å²) in [6.07, 6.45) is 0.683. The van der Waals surface area contributed by atoms with E-state index in [-0.39, 0.29) is 11.3 Å². The molecule has 1 atom stereocenters. The predicted octanol–water partition coefficient (Wildman–Crippen LogP) is 3.63. The van der Waals surface area contributed by atoms with E-state index in [0.717, 1.165) is 19.6 Å². The number of ketones is 1. The van der Waals surface area contributed by atoms with Crippen molar-refractivity contribution >= 4 is 17.4 Å². The maximum Gasteiger partial charge on any atom is 0.295 e. The van der Waals surface area contributed by atoms with E-state index in [1.54, 1.807) is 43.5 Å². The molecule has 1 amide bonds. The second-order valence-electron chi connectivity index (χ2n) is 8.85. The minimum absolute atomic E-state index is 0.0248. The van der Waals surface area contributed by atoms with Crippen LogP contribution >= 0.6 is 0 Å². The molecule has 37 heavy (non-hydrogen) atoms. The van der Waals surface area contributed by atoms with Crippen molar-refractivity contribution in [2.24, 2.45) is 0 Å². The number of hydrogen-bond acceptors (Lipinski definition) is 8. The summed E-state index contributed by atoms with van der Waals surface area (Å²) < 4.78 is 22.1. The maximum absolute atomic E-state index is 13.4. The predicted molar refractivity (Wildman–Crippen MR) is 138 cm³/mol. The Morgan fingerprint density at radius 2 is 1.70 bits per heavy atom. The van der Waals surface area contributed by atoms with Crippen molar-refractivity contribution in [3.05, 3.63) is 53.1 Å². The number of ether oxygens (including phenoxy) is 4. The first kappa shape index (κ1) is 26.3. The smallest absolute Gasteiger partial charge is 0.295 e. The van der Waals surface area contributed by atoms with Gasteiger partial charge in [-0.25, -0.2) is 0 Å². The fourth-order valence-corrected chi connectivity index (χ4v) is 4.83. The number of aliphatic hydroxyl groups excluding tert-OH is 1. The maximum atomic E-state index is 13.4. The van der Waals surface area contributed by atoms with Crippen LogP contribution in [0.25, 0.3) is 5.76 Å². The number of carbonyl (C=O) groups is 2. The fraction of sp³-hybridized carbons (Fsp3) is 0.429. The van der Waals surface area contributed by atoms with Crippen molar-refractivity contribution in [3.8, 4) is 23.0 Å². The number of amides is 1. The standard InChI is InChI=1S/C28H34N2O7/c1-5-29(6-2)12-7-13-30-25(18-8-10-20(34-3)22(16-18)35-4)24(27(32)28(30)33)26(31)19-9-11-21-23(17-19)37-15-14-36-21/h8-11,16-17,25,31H,5-7,12-15H2,1-4H3/t25-/m1/s1. The van der Waals surface area contributed by atoms with Crippen LogP contribution in [0.3, 0.4) is 0 Å². The zero-order valence-corrected chi connectivity index (χ0v) is 21.8. The monoisotopic (exact) mass is 510 g/mol. The molecule has 2 heterocycles. The van der Waals surface area contributed by atoms with Gasteiger partial charge in [0.2, 0.25) is 0 Å². The summed E-state index contributed by atoms with van der Waals surface area (Å²) in [5.74, 6) is 0.405. The normalized spacial score (nSPS) is 18.4. The van der Waals surface area contributed by atoms with E-state index in [1.807, 2.05) is 0 Å². The highest BCUT2D eigenvalue weighted by Gasteiger charge is 2.46. The van der Waals surface area contributed by atoms with Gasteiger partial charge in [-0.1, -0.05) is 19.9 Å². The van der Waals surface area contributed by atoms with Crippen molar-refractivity contribution in [2.45, 2.75) is 26.3 Å². The summed E-state index contributed by atoms with van der Waals surface area (Å²) in [6, 6.07) is 9.44. The molecule has 0 aliphatic carbocycles. The van der Waals surface area contributed by atoms with Gasteiger partial charge in [0.15, 0.2) is 23.0 Å². The van der Waals surface area contributed by atoms with Crippen molar-refractivity contribution in [1.29, 1.82) is 0 Å². The molecule has 1 N–H and O–H groups in total. The first-order valence-corrected chi connectivity index (χ1v) is 12.6. The highest BCUT2D eigenvalue weighted by molar-refractivity contribution is 6.46. The zero-order chi connectivity index (χ0) is 26.5. The molecule has 9 nitrogen and oxygen atoms in total. The van der Waals surface area contributed by atoms with Gasteiger partial charge < -0.3 is 33.9 Å². The topological polar surface area (TPSA) is 97.8 Å². The number of benzene rings is 2. The number of nitrogens with zero attached hydrogens (tertiary/aromatic N) is 2. The Bertz CT molecular complexity index is 1190. The minimum atomic E-state index is -0.787. The Hall–Kier alpha value is -3.72. The molecule has 9 heteroatoms. The molecule has 0 saturated carbocycles. The number of likely N-dealkylation sites (tertiary alicyclic amines) is 1. The molecule has 2 aliphatic rings. The molecule has 0 radical (unpaired) electrons. The third-order valence-electron chi connectivity index (χ3n) is 6.85. The van der Waals surface area contributed by atoms with Gasteiger partial charge in [-0.3, -0.25) is 9.59 Å². The van der Waals surface area contributed by atoms with E-state index >= 15 is 0 Å². The number of carbonyl (C=O) groups excluding carboxylic acids is 2. The molecule has 4 rings (SSSR count). The zero-order valence-electron chi connectivity index (χ0n) is 21.8. The lowest BCUT2D eigenvalue weighted by Gasteiger charge is -2.27. The largest absolute Gasteiger partial charge is 0.507 e. The molecular formula is C28H34N2O7. The van der Waals surface area contributed by atoms with Gasteiger partial charge in [-0.2, -0.15) is 0 Å². The van der Waals surface area contributed by atoms with Crippen LogP contribution in [-0.4, -0.2) is 80.2 Å². The molecule has 198 valence electrons. The van der Waals surface area contributed by atoms with Crippen LogP contribution in [0.2, 0.25) is 0 Å². The average Bonchev–Trinajstić information content (AvgIpc) is 3.19. The molecule has 2 aliphatic heterocycles. The van der Waals surface area contributed by atoms with Crippen LogP contribution < -0.4 is 18.9 Å². The third kappa shape index (κ3) is 5.22. The number of hydrogen-bond donors (Lipinski definition) is 1. The molecule has 2 aromatic carbocycles. The van der Waals surface area contributed by atoms with Crippen molar-refractivity contribution < 1.29 is 33.6 Å². The lowest BCUT2D eigenvalue weighted by Crippen LogP contribution is -2.33. The number of Topliss-reactive ketones (excluding diaryl/α,β-unsaturated/α-hetero) is 1. The molecule has 0 unspecified atom stereocenters.